The molecule has 0 saturated heterocycles. The minimum Gasteiger partial charge on any atom is -0.330 e. The normalized spacial score (nSPS) is 11.6. The summed E-state index contributed by atoms with van der Waals surface area (Å²) in [5, 5.41) is 5.00. The van der Waals surface area contributed by atoms with Crippen LogP contribution in [0.25, 0.3) is 0 Å². The minimum atomic E-state index is -3.58. The number of hydrogen-bond acceptors (Lipinski definition) is 3. The van der Waals surface area contributed by atoms with Gasteiger partial charge in [0.15, 0.2) is 0 Å². The molecule has 1 rings (SSSR count). The van der Waals surface area contributed by atoms with Gasteiger partial charge in [-0.1, -0.05) is 12.1 Å². The smallest absolute Gasteiger partial charge is 0.238 e. The van der Waals surface area contributed by atoms with Crippen molar-refractivity contribution in [3.63, 3.8) is 0 Å². The van der Waals surface area contributed by atoms with E-state index in [0.717, 1.165) is 18.4 Å². The van der Waals surface area contributed by atoms with Crippen molar-refractivity contribution in [1.82, 2.24) is 0 Å². The molecule has 0 unspecified atom stereocenters. The quantitative estimate of drug-likeness (QED) is 0.752. The first-order chi connectivity index (χ1) is 6.54. The third-order valence-corrected chi connectivity index (χ3v) is 2.81. The van der Waals surface area contributed by atoms with Crippen LogP contribution in [0, 0.1) is 0 Å². The third-order valence-electron chi connectivity index (χ3n) is 1.90. The number of nitrogens with two attached hydrogens (primary N) is 2. The lowest BCUT2D eigenvalue weighted by atomic mass is 10.1. The van der Waals surface area contributed by atoms with Crippen molar-refractivity contribution in [3.8, 4) is 0 Å². The Bertz CT molecular complexity index is 401. The fourth-order valence-electron chi connectivity index (χ4n) is 1.18. The summed E-state index contributed by atoms with van der Waals surface area (Å²) < 4.78 is 22.0. The van der Waals surface area contributed by atoms with E-state index in [-0.39, 0.29) is 4.90 Å². The monoisotopic (exact) mass is 214 g/mol. The molecule has 4 N–H and O–H groups in total. The van der Waals surface area contributed by atoms with Gasteiger partial charge in [-0.2, -0.15) is 0 Å². The molecule has 78 valence electrons. The predicted octanol–water partition coefficient (Wildman–Crippen LogP) is 0.225. The Labute approximate surface area is 84.0 Å². The van der Waals surface area contributed by atoms with Crippen molar-refractivity contribution in [1.29, 1.82) is 0 Å². The third kappa shape index (κ3) is 3.10. The van der Waals surface area contributed by atoms with Crippen LogP contribution in [0.2, 0.25) is 0 Å². The van der Waals surface area contributed by atoms with Gasteiger partial charge < -0.3 is 5.73 Å². The lowest BCUT2D eigenvalue weighted by Crippen LogP contribution is -2.12. The molecule has 0 bridgehead atoms. The number of benzene rings is 1. The van der Waals surface area contributed by atoms with E-state index in [1.54, 1.807) is 12.1 Å². The van der Waals surface area contributed by atoms with E-state index in [1.165, 1.54) is 6.07 Å². The van der Waals surface area contributed by atoms with Gasteiger partial charge in [-0.25, -0.2) is 13.6 Å². The highest BCUT2D eigenvalue weighted by molar-refractivity contribution is 7.89. The molecule has 0 aromatic heterocycles. The maximum absolute atomic E-state index is 11.0. The molecular weight excluding hydrogens is 200 g/mol. The van der Waals surface area contributed by atoms with Gasteiger partial charge in [-0.05, 0) is 37.1 Å². The van der Waals surface area contributed by atoms with E-state index < -0.39 is 10.0 Å². The SMILES string of the molecule is NCCCc1cccc(S(N)(=O)=O)c1. The lowest BCUT2D eigenvalue weighted by Gasteiger charge is -2.02. The minimum absolute atomic E-state index is 0.159. The van der Waals surface area contributed by atoms with Gasteiger partial charge >= 0.3 is 0 Å². The lowest BCUT2D eigenvalue weighted by molar-refractivity contribution is 0.597. The highest BCUT2D eigenvalue weighted by atomic mass is 32.2. The van der Waals surface area contributed by atoms with Crippen LogP contribution >= 0.6 is 0 Å². The molecule has 0 fully saturated rings. The van der Waals surface area contributed by atoms with Crippen LogP contribution in [0.5, 0.6) is 0 Å². The van der Waals surface area contributed by atoms with Gasteiger partial charge in [0.25, 0.3) is 0 Å². The maximum atomic E-state index is 11.0. The van der Waals surface area contributed by atoms with Crippen molar-refractivity contribution < 1.29 is 8.42 Å². The fourth-order valence-corrected chi connectivity index (χ4v) is 1.77. The number of hydrogen-bond donors (Lipinski definition) is 2. The molecule has 0 spiro atoms. The zero-order valence-corrected chi connectivity index (χ0v) is 8.63. The van der Waals surface area contributed by atoms with E-state index in [4.69, 9.17) is 10.9 Å². The number of aryl methyl sites for hydroxylation is 1. The molecule has 0 atom stereocenters. The van der Waals surface area contributed by atoms with E-state index in [9.17, 15) is 8.42 Å². The van der Waals surface area contributed by atoms with E-state index >= 15 is 0 Å². The summed E-state index contributed by atoms with van der Waals surface area (Å²) in [4.78, 5) is 0.159. The molecule has 0 heterocycles. The van der Waals surface area contributed by atoms with Crippen LogP contribution < -0.4 is 10.9 Å². The zero-order valence-electron chi connectivity index (χ0n) is 7.81. The highest BCUT2D eigenvalue weighted by Crippen LogP contribution is 2.10. The molecule has 14 heavy (non-hydrogen) atoms. The summed E-state index contributed by atoms with van der Waals surface area (Å²) in [6.07, 6.45) is 1.62. The van der Waals surface area contributed by atoms with E-state index in [2.05, 4.69) is 0 Å². The van der Waals surface area contributed by atoms with E-state index in [0.29, 0.717) is 6.54 Å². The molecular formula is C9H14N2O2S. The Morgan fingerprint density at radius 1 is 1.29 bits per heavy atom. The highest BCUT2D eigenvalue weighted by Gasteiger charge is 2.07. The summed E-state index contributed by atoms with van der Waals surface area (Å²) in [5.41, 5.74) is 6.30. The summed E-state index contributed by atoms with van der Waals surface area (Å²) in [5.74, 6) is 0. The van der Waals surface area contributed by atoms with Crippen LogP contribution in [0.15, 0.2) is 29.2 Å². The molecule has 0 radical (unpaired) electrons. The number of rotatable bonds is 4. The second-order valence-corrected chi connectivity index (χ2v) is 4.65. The molecule has 4 nitrogen and oxygen atoms in total. The van der Waals surface area contributed by atoms with Gasteiger partial charge in [0.2, 0.25) is 10.0 Å². The second kappa shape index (κ2) is 4.54. The Morgan fingerprint density at radius 3 is 2.57 bits per heavy atom. The van der Waals surface area contributed by atoms with Gasteiger partial charge in [0.05, 0.1) is 4.90 Å². The molecule has 0 amide bonds. The zero-order chi connectivity index (χ0) is 10.6. The standard InChI is InChI=1S/C9H14N2O2S/c10-6-2-4-8-3-1-5-9(7-8)14(11,12)13/h1,3,5,7H,2,4,6,10H2,(H2,11,12,13). The first-order valence-corrected chi connectivity index (χ1v) is 5.90. The van der Waals surface area contributed by atoms with Crippen molar-refractivity contribution >= 4 is 10.0 Å². The van der Waals surface area contributed by atoms with Crippen molar-refractivity contribution in [3.05, 3.63) is 29.8 Å². The summed E-state index contributed by atoms with van der Waals surface area (Å²) in [6, 6.07) is 6.63. The Kier molecular flexibility index (Phi) is 3.62. The molecule has 1 aromatic carbocycles. The van der Waals surface area contributed by atoms with Gasteiger partial charge in [0.1, 0.15) is 0 Å². The molecule has 0 saturated carbocycles. The van der Waals surface area contributed by atoms with Crippen LogP contribution in [0.4, 0.5) is 0 Å². The summed E-state index contributed by atoms with van der Waals surface area (Å²) >= 11 is 0. The Balaban J connectivity index is 2.90. The van der Waals surface area contributed by atoms with Crippen LogP contribution in [-0.2, 0) is 16.4 Å². The van der Waals surface area contributed by atoms with Crippen LogP contribution in [0.3, 0.4) is 0 Å². The molecule has 0 aliphatic carbocycles. The van der Waals surface area contributed by atoms with Crippen LogP contribution in [0.1, 0.15) is 12.0 Å². The number of primary sulfonamides is 1. The Hall–Kier alpha value is -0.910. The van der Waals surface area contributed by atoms with Gasteiger partial charge in [-0.3, -0.25) is 0 Å². The average Bonchev–Trinajstić information content (AvgIpc) is 2.14. The number of sulfonamides is 1. The van der Waals surface area contributed by atoms with Crippen molar-refractivity contribution in [2.75, 3.05) is 6.54 Å². The summed E-state index contributed by atoms with van der Waals surface area (Å²) in [7, 11) is -3.58. The van der Waals surface area contributed by atoms with Crippen molar-refractivity contribution in [2.45, 2.75) is 17.7 Å². The largest absolute Gasteiger partial charge is 0.330 e. The topological polar surface area (TPSA) is 86.2 Å². The van der Waals surface area contributed by atoms with E-state index in [1.807, 2.05) is 6.07 Å². The Morgan fingerprint density at radius 2 is 2.00 bits per heavy atom. The molecule has 0 aliphatic heterocycles. The molecule has 1 aromatic rings. The fraction of sp³-hybridized carbons (Fsp3) is 0.333. The first-order valence-electron chi connectivity index (χ1n) is 4.36. The summed E-state index contributed by atoms with van der Waals surface area (Å²) in [6.45, 7) is 0.597. The average molecular weight is 214 g/mol. The van der Waals surface area contributed by atoms with Crippen molar-refractivity contribution in [2.24, 2.45) is 10.9 Å². The molecule has 0 aliphatic rings. The first kappa shape index (κ1) is 11.2. The van der Waals surface area contributed by atoms with Gasteiger partial charge in [-0.15, -0.1) is 0 Å². The van der Waals surface area contributed by atoms with Crippen LogP contribution in [-0.4, -0.2) is 15.0 Å². The predicted molar refractivity (Wildman–Crippen MR) is 55.2 cm³/mol. The second-order valence-electron chi connectivity index (χ2n) is 3.08. The van der Waals surface area contributed by atoms with Gasteiger partial charge in [0, 0.05) is 0 Å². The maximum Gasteiger partial charge on any atom is 0.238 e. The molecule has 5 heteroatoms.